The normalized spacial score (nSPS) is 10.4. The second-order valence-corrected chi connectivity index (χ2v) is 3.16. The van der Waals surface area contributed by atoms with E-state index < -0.39 is 12.3 Å². The molecule has 3 nitrogen and oxygen atoms in total. The van der Waals surface area contributed by atoms with Gasteiger partial charge in [-0.05, 0) is 17.7 Å². The van der Waals surface area contributed by atoms with Crippen LogP contribution in [0.1, 0.15) is 5.56 Å². The van der Waals surface area contributed by atoms with Crippen LogP contribution >= 0.6 is 0 Å². The molecule has 0 bridgehead atoms. The molecule has 0 unspecified atom stereocenters. The largest absolute Gasteiger partial charge is 0.508 e. The van der Waals surface area contributed by atoms with E-state index in [2.05, 4.69) is 0 Å². The summed E-state index contributed by atoms with van der Waals surface area (Å²) in [6.45, 7) is 0.0531. The number of phenolic OH excluding ortho intramolecular Hbond substituents is 1. The maximum atomic E-state index is 12.0. The van der Waals surface area contributed by atoms with Gasteiger partial charge in [-0.15, -0.1) is 0 Å². The summed E-state index contributed by atoms with van der Waals surface area (Å²) >= 11 is 0. The summed E-state index contributed by atoms with van der Waals surface area (Å²) in [7, 11) is 1.29. The molecule has 0 heterocycles. The van der Waals surface area contributed by atoms with Gasteiger partial charge in [0.05, 0.1) is 0 Å². The highest BCUT2D eigenvalue weighted by molar-refractivity contribution is 5.79. The first-order valence-electron chi connectivity index (χ1n) is 4.31. The molecule has 0 fully saturated rings. The molecule has 5 heteroatoms. The first-order valence-corrected chi connectivity index (χ1v) is 4.31. The number of hydrogen-bond acceptors (Lipinski definition) is 2. The van der Waals surface area contributed by atoms with E-state index in [4.69, 9.17) is 5.11 Å². The zero-order valence-electron chi connectivity index (χ0n) is 8.15. The number of carbonyl (C=O) groups is 1. The summed E-state index contributed by atoms with van der Waals surface area (Å²) in [5, 5.41) is 9.12. The summed E-state index contributed by atoms with van der Waals surface area (Å²) in [6.07, 6.45) is -2.99. The molecular weight excluding hydrogens is 204 g/mol. The Morgan fingerprint density at radius 3 is 2.73 bits per heavy atom. The van der Waals surface area contributed by atoms with E-state index in [9.17, 15) is 13.6 Å². The van der Waals surface area contributed by atoms with Crippen LogP contribution in [-0.4, -0.2) is 29.4 Å². The lowest BCUT2D eigenvalue weighted by Crippen LogP contribution is -2.31. The van der Waals surface area contributed by atoms with Gasteiger partial charge in [0, 0.05) is 13.6 Å². The van der Waals surface area contributed by atoms with Crippen molar-refractivity contribution in [2.24, 2.45) is 0 Å². The maximum absolute atomic E-state index is 12.0. The molecule has 1 N–H and O–H groups in total. The van der Waals surface area contributed by atoms with Crippen LogP contribution in [0.3, 0.4) is 0 Å². The SMILES string of the molecule is CN(Cc1cccc(O)c1)C(=O)C(F)F. The Balaban J connectivity index is 2.66. The Labute approximate surface area is 85.9 Å². The van der Waals surface area contributed by atoms with Crippen molar-refractivity contribution in [1.82, 2.24) is 4.90 Å². The number of benzene rings is 1. The Bertz CT molecular complexity index is 355. The quantitative estimate of drug-likeness (QED) is 0.832. The van der Waals surface area contributed by atoms with Gasteiger partial charge in [-0.2, -0.15) is 8.78 Å². The zero-order valence-corrected chi connectivity index (χ0v) is 8.15. The highest BCUT2D eigenvalue weighted by atomic mass is 19.3. The summed E-state index contributed by atoms with van der Waals surface area (Å²) in [6, 6.07) is 6.13. The number of alkyl halides is 2. The predicted octanol–water partition coefficient (Wildman–Crippen LogP) is 1.62. The van der Waals surface area contributed by atoms with Gasteiger partial charge in [0.15, 0.2) is 0 Å². The fourth-order valence-electron chi connectivity index (χ4n) is 1.17. The number of halogens is 2. The number of hydrogen-bond donors (Lipinski definition) is 1. The van der Waals surface area contributed by atoms with Crippen molar-refractivity contribution in [3.63, 3.8) is 0 Å². The Morgan fingerprint density at radius 1 is 1.53 bits per heavy atom. The molecule has 0 saturated heterocycles. The van der Waals surface area contributed by atoms with Crippen LogP contribution in [0.4, 0.5) is 8.78 Å². The molecule has 15 heavy (non-hydrogen) atoms. The Kier molecular flexibility index (Phi) is 3.60. The molecule has 0 aliphatic carbocycles. The van der Waals surface area contributed by atoms with Crippen LogP contribution in [0.5, 0.6) is 5.75 Å². The van der Waals surface area contributed by atoms with Crippen molar-refractivity contribution >= 4 is 5.91 Å². The lowest BCUT2D eigenvalue weighted by Gasteiger charge is -2.16. The first-order chi connectivity index (χ1) is 7.00. The van der Waals surface area contributed by atoms with Crippen molar-refractivity contribution in [3.05, 3.63) is 29.8 Å². The number of phenols is 1. The van der Waals surface area contributed by atoms with Crippen LogP contribution in [0, 0.1) is 0 Å². The van der Waals surface area contributed by atoms with Gasteiger partial charge in [-0.25, -0.2) is 0 Å². The highest BCUT2D eigenvalue weighted by Gasteiger charge is 2.19. The minimum atomic E-state index is -2.99. The smallest absolute Gasteiger partial charge is 0.315 e. The number of amides is 1. The van der Waals surface area contributed by atoms with Gasteiger partial charge in [-0.3, -0.25) is 4.79 Å². The highest BCUT2D eigenvalue weighted by Crippen LogP contribution is 2.13. The van der Waals surface area contributed by atoms with E-state index in [1.807, 2.05) is 0 Å². The van der Waals surface area contributed by atoms with Crippen molar-refractivity contribution in [3.8, 4) is 5.75 Å². The van der Waals surface area contributed by atoms with Crippen molar-refractivity contribution < 1.29 is 18.7 Å². The molecule has 1 aromatic carbocycles. The summed E-state index contributed by atoms with van der Waals surface area (Å²) in [5.41, 5.74) is 0.603. The van der Waals surface area contributed by atoms with Crippen LogP contribution in [0.2, 0.25) is 0 Å². The maximum Gasteiger partial charge on any atom is 0.315 e. The summed E-state index contributed by atoms with van der Waals surface area (Å²) in [4.78, 5) is 11.8. The lowest BCUT2D eigenvalue weighted by atomic mass is 10.2. The monoisotopic (exact) mass is 215 g/mol. The van der Waals surface area contributed by atoms with Gasteiger partial charge >= 0.3 is 6.43 Å². The van der Waals surface area contributed by atoms with E-state index in [0.717, 1.165) is 4.90 Å². The molecule has 0 aliphatic rings. The molecule has 1 rings (SSSR count). The van der Waals surface area contributed by atoms with Gasteiger partial charge in [-0.1, -0.05) is 12.1 Å². The van der Waals surface area contributed by atoms with E-state index in [-0.39, 0.29) is 12.3 Å². The molecule has 0 radical (unpaired) electrons. The van der Waals surface area contributed by atoms with Crippen LogP contribution in [0.25, 0.3) is 0 Å². The standard InChI is InChI=1S/C10H11F2NO2/c1-13(10(15)9(11)12)6-7-3-2-4-8(14)5-7/h2-5,9,14H,6H2,1H3. The molecule has 1 amide bonds. The summed E-state index contributed by atoms with van der Waals surface area (Å²) in [5.74, 6) is -1.18. The zero-order chi connectivity index (χ0) is 11.4. The Morgan fingerprint density at radius 2 is 2.20 bits per heavy atom. The number of rotatable bonds is 3. The third-order valence-corrected chi connectivity index (χ3v) is 1.89. The van der Waals surface area contributed by atoms with Gasteiger partial charge in [0.1, 0.15) is 5.75 Å². The van der Waals surface area contributed by atoms with Gasteiger partial charge < -0.3 is 10.0 Å². The lowest BCUT2D eigenvalue weighted by molar-refractivity contribution is -0.141. The van der Waals surface area contributed by atoms with Gasteiger partial charge in [0.25, 0.3) is 5.91 Å². The topological polar surface area (TPSA) is 40.5 Å². The van der Waals surface area contributed by atoms with Crippen molar-refractivity contribution in [2.75, 3.05) is 7.05 Å². The molecule has 0 spiro atoms. The van der Waals surface area contributed by atoms with Crippen LogP contribution in [-0.2, 0) is 11.3 Å². The van der Waals surface area contributed by atoms with E-state index >= 15 is 0 Å². The molecule has 0 atom stereocenters. The predicted molar refractivity (Wildman–Crippen MR) is 50.6 cm³/mol. The third kappa shape index (κ3) is 3.19. The molecule has 82 valence electrons. The molecule has 0 aromatic heterocycles. The van der Waals surface area contributed by atoms with Crippen molar-refractivity contribution in [1.29, 1.82) is 0 Å². The van der Waals surface area contributed by atoms with Crippen LogP contribution in [0.15, 0.2) is 24.3 Å². The second kappa shape index (κ2) is 4.72. The van der Waals surface area contributed by atoms with Gasteiger partial charge in [0.2, 0.25) is 0 Å². The van der Waals surface area contributed by atoms with E-state index in [1.54, 1.807) is 12.1 Å². The minimum Gasteiger partial charge on any atom is -0.508 e. The average Bonchev–Trinajstić information content (AvgIpc) is 2.16. The summed E-state index contributed by atoms with van der Waals surface area (Å²) < 4.78 is 24.0. The number of aromatic hydroxyl groups is 1. The number of carbonyl (C=O) groups excluding carboxylic acids is 1. The molecule has 0 saturated carbocycles. The Hall–Kier alpha value is -1.65. The second-order valence-electron chi connectivity index (χ2n) is 3.16. The molecular formula is C10H11F2NO2. The minimum absolute atomic E-state index is 0.0467. The number of nitrogens with zero attached hydrogens (tertiary/aromatic N) is 1. The fourth-order valence-corrected chi connectivity index (χ4v) is 1.17. The molecule has 0 aliphatic heterocycles. The third-order valence-electron chi connectivity index (χ3n) is 1.89. The molecule has 1 aromatic rings. The van der Waals surface area contributed by atoms with Crippen molar-refractivity contribution in [2.45, 2.75) is 13.0 Å². The fraction of sp³-hybridized carbons (Fsp3) is 0.300. The first kappa shape index (κ1) is 11.4. The van der Waals surface area contributed by atoms with E-state index in [1.165, 1.54) is 19.2 Å². The van der Waals surface area contributed by atoms with E-state index in [0.29, 0.717) is 5.56 Å². The van der Waals surface area contributed by atoms with Crippen LogP contribution < -0.4 is 0 Å². The average molecular weight is 215 g/mol.